The van der Waals surface area contributed by atoms with Crippen molar-refractivity contribution in [2.75, 3.05) is 0 Å². The van der Waals surface area contributed by atoms with Gasteiger partial charge in [0.05, 0.1) is 5.56 Å². The zero-order valence-electron chi connectivity index (χ0n) is 16.1. The molecule has 0 bridgehead atoms. The van der Waals surface area contributed by atoms with Crippen LogP contribution in [0.1, 0.15) is 49.7 Å². The predicted octanol–water partition coefficient (Wildman–Crippen LogP) is 4.93. The van der Waals surface area contributed by atoms with E-state index in [1.54, 1.807) is 0 Å². The number of carbonyl (C=O) groups is 1. The van der Waals surface area contributed by atoms with Gasteiger partial charge in [0.1, 0.15) is 6.10 Å². The molecule has 1 aromatic carbocycles. The SMILES string of the molecule is O=C(CCCc1ccccc1)NC1CCC(Oc2ccc(C(F)(F)F)cn2)CC1. The summed E-state index contributed by atoms with van der Waals surface area (Å²) in [5.41, 5.74) is 0.443. The first-order valence-corrected chi connectivity index (χ1v) is 9.93. The van der Waals surface area contributed by atoms with Gasteiger partial charge in [0.25, 0.3) is 0 Å². The lowest BCUT2D eigenvalue weighted by Gasteiger charge is -2.29. The van der Waals surface area contributed by atoms with E-state index in [0.717, 1.165) is 50.8 Å². The van der Waals surface area contributed by atoms with Crippen molar-refractivity contribution >= 4 is 5.91 Å². The van der Waals surface area contributed by atoms with E-state index in [4.69, 9.17) is 4.74 Å². The Bertz CT molecular complexity index is 771. The van der Waals surface area contributed by atoms with E-state index in [1.165, 1.54) is 11.6 Å². The molecule has 29 heavy (non-hydrogen) atoms. The lowest BCUT2D eigenvalue weighted by Crippen LogP contribution is -2.39. The Morgan fingerprint density at radius 1 is 1.07 bits per heavy atom. The fourth-order valence-corrected chi connectivity index (χ4v) is 3.51. The van der Waals surface area contributed by atoms with Crippen LogP contribution >= 0.6 is 0 Å². The summed E-state index contributed by atoms with van der Waals surface area (Å²) >= 11 is 0. The molecule has 156 valence electrons. The van der Waals surface area contributed by atoms with Crippen molar-refractivity contribution in [1.29, 1.82) is 0 Å². The zero-order valence-corrected chi connectivity index (χ0v) is 16.1. The molecule has 7 heteroatoms. The van der Waals surface area contributed by atoms with Gasteiger partial charge in [-0.05, 0) is 50.2 Å². The van der Waals surface area contributed by atoms with E-state index in [2.05, 4.69) is 22.4 Å². The number of aromatic nitrogens is 1. The molecule has 0 radical (unpaired) electrons. The quantitative estimate of drug-likeness (QED) is 0.709. The summed E-state index contributed by atoms with van der Waals surface area (Å²) in [5, 5.41) is 3.08. The Morgan fingerprint density at radius 3 is 2.41 bits per heavy atom. The minimum atomic E-state index is -4.40. The van der Waals surface area contributed by atoms with Gasteiger partial charge in [-0.25, -0.2) is 4.98 Å². The van der Waals surface area contributed by atoms with Crippen LogP contribution in [0.25, 0.3) is 0 Å². The molecule has 0 saturated heterocycles. The van der Waals surface area contributed by atoms with E-state index >= 15 is 0 Å². The molecule has 2 aromatic rings. The van der Waals surface area contributed by atoms with E-state index in [9.17, 15) is 18.0 Å². The van der Waals surface area contributed by atoms with E-state index in [0.29, 0.717) is 6.42 Å². The predicted molar refractivity (Wildman–Crippen MR) is 103 cm³/mol. The van der Waals surface area contributed by atoms with Crippen molar-refractivity contribution in [2.24, 2.45) is 0 Å². The molecular weight excluding hydrogens is 381 g/mol. The molecule has 1 saturated carbocycles. The first-order valence-electron chi connectivity index (χ1n) is 9.93. The van der Waals surface area contributed by atoms with Crippen molar-refractivity contribution in [3.05, 3.63) is 59.8 Å². The zero-order chi connectivity index (χ0) is 20.7. The molecule has 1 N–H and O–H groups in total. The second-order valence-corrected chi connectivity index (χ2v) is 7.38. The number of pyridine rings is 1. The van der Waals surface area contributed by atoms with Gasteiger partial charge in [-0.2, -0.15) is 13.2 Å². The maximum absolute atomic E-state index is 12.6. The first-order chi connectivity index (χ1) is 13.9. The van der Waals surface area contributed by atoms with Crippen LogP contribution < -0.4 is 10.1 Å². The lowest BCUT2D eigenvalue weighted by atomic mass is 9.92. The van der Waals surface area contributed by atoms with Gasteiger partial charge in [0.2, 0.25) is 11.8 Å². The van der Waals surface area contributed by atoms with Gasteiger partial charge in [0, 0.05) is 24.7 Å². The summed E-state index contributed by atoms with van der Waals surface area (Å²) in [7, 11) is 0. The third-order valence-corrected chi connectivity index (χ3v) is 5.10. The first kappa shape index (κ1) is 21.1. The number of ether oxygens (including phenoxy) is 1. The molecular formula is C22H25F3N2O2. The van der Waals surface area contributed by atoms with Crippen LogP contribution in [0.5, 0.6) is 5.88 Å². The number of alkyl halides is 3. The molecule has 1 aromatic heterocycles. The van der Waals surface area contributed by atoms with Gasteiger partial charge in [-0.15, -0.1) is 0 Å². The van der Waals surface area contributed by atoms with E-state index < -0.39 is 11.7 Å². The van der Waals surface area contributed by atoms with Crippen molar-refractivity contribution in [1.82, 2.24) is 10.3 Å². The Balaban J connectivity index is 1.35. The number of halogens is 3. The van der Waals surface area contributed by atoms with Crippen molar-refractivity contribution in [3.63, 3.8) is 0 Å². The van der Waals surface area contributed by atoms with Crippen molar-refractivity contribution in [3.8, 4) is 5.88 Å². The Kier molecular flexibility index (Phi) is 7.12. The Hall–Kier alpha value is -2.57. The third kappa shape index (κ3) is 6.76. The maximum Gasteiger partial charge on any atom is 0.417 e. The number of nitrogens with zero attached hydrogens (tertiary/aromatic N) is 1. The highest BCUT2D eigenvalue weighted by Crippen LogP contribution is 2.30. The highest BCUT2D eigenvalue weighted by atomic mass is 19.4. The molecule has 1 aliphatic carbocycles. The molecule has 4 nitrogen and oxygen atoms in total. The standard InChI is InChI=1S/C22H25F3N2O2/c23-22(24,25)17-9-14-21(26-15-17)29-19-12-10-18(11-13-19)27-20(28)8-4-7-16-5-2-1-3-6-16/h1-3,5-6,9,14-15,18-19H,4,7-8,10-13H2,(H,27,28). The third-order valence-electron chi connectivity index (χ3n) is 5.10. The van der Waals surface area contributed by atoms with Gasteiger partial charge >= 0.3 is 6.18 Å². The fraction of sp³-hybridized carbons (Fsp3) is 0.455. The molecule has 1 fully saturated rings. The number of rotatable bonds is 7. The number of benzene rings is 1. The van der Waals surface area contributed by atoms with Crippen molar-refractivity contribution < 1.29 is 22.7 Å². The van der Waals surface area contributed by atoms with Crippen molar-refractivity contribution in [2.45, 2.75) is 63.3 Å². The van der Waals surface area contributed by atoms with Crippen LogP contribution in [0.4, 0.5) is 13.2 Å². The summed E-state index contributed by atoms with van der Waals surface area (Å²) in [4.78, 5) is 15.9. The molecule has 1 heterocycles. The topological polar surface area (TPSA) is 51.2 Å². The van der Waals surface area contributed by atoms with Crippen LogP contribution in [0.15, 0.2) is 48.7 Å². The summed E-state index contributed by atoms with van der Waals surface area (Å²) < 4.78 is 43.4. The smallest absolute Gasteiger partial charge is 0.417 e. The molecule has 1 aliphatic rings. The fourth-order valence-electron chi connectivity index (χ4n) is 3.51. The molecule has 0 aliphatic heterocycles. The monoisotopic (exact) mass is 406 g/mol. The van der Waals surface area contributed by atoms with E-state index in [-0.39, 0.29) is 23.9 Å². The van der Waals surface area contributed by atoms with Gasteiger partial charge in [-0.1, -0.05) is 30.3 Å². The summed E-state index contributed by atoms with van der Waals surface area (Å²) in [6.45, 7) is 0. The minimum absolute atomic E-state index is 0.0645. The second kappa shape index (κ2) is 9.76. The van der Waals surface area contributed by atoms with Crippen LogP contribution in [0.3, 0.4) is 0 Å². The minimum Gasteiger partial charge on any atom is -0.474 e. The van der Waals surface area contributed by atoms with Crippen LogP contribution in [0.2, 0.25) is 0 Å². The second-order valence-electron chi connectivity index (χ2n) is 7.38. The molecule has 1 amide bonds. The summed E-state index contributed by atoms with van der Waals surface area (Å²) in [6.07, 6.45) is 1.54. The summed E-state index contributed by atoms with van der Waals surface area (Å²) in [5.74, 6) is 0.265. The van der Waals surface area contributed by atoms with Gasteiger partial charge in [0.15, 0.2) is 0 Å². The largest absolute Gasteiger partial charge is 0.474 e. The van der Waals surface area contributed by atoms with Crippen LogP contribution in [0, 0.1) is 0 Å². The number of aryl methyl sites for hydroxylation is 1. The normalized spacial score (nSPS) is 19.6. The Morgan fingerprint density at radius 2 is 1.79 bits per heavy atom. The van der Waals surface area contributed by atoms with Gasteiger partial charge < -0.3 is 10.1 Å². The van der Waals surface area contributed by atoms with Gasteiger partial charge in [-0.3, -0.25) is 4.79 Å². The average molecular weight is 406 g/mol. The molecule has 0 unspecified atom stereocenters. The highest BCUT2D eigenvalue weighted by molar-refractivity contribution is 5.76. The maximum atomic E-state index is 12.6. The lowest BCUT2D eigenvalue weighted by molar-refractivity contribution is -0.137. The average Bonchev–Trinajstić information content (AvgIpc) is 2.70. The van der Waals surface area contributed by atoms with Crippen LogP contribution in [-0.4, -0.2) is 23.0 Å². The number of carbonyl (C=O) groups excluding carboxylic acids is 1. The number of hydrogen-bond donors (Lipinski definition) is 1. The number of nitrogens with one attached hydrogen (secondary N) is 1. The molecule has 0 spiro atoms. The number of amides is 1. The van der Waals surface area contributed by atoms with E-state index in [1.807, 2.05) is 18.2 Å². The molecule has 3 rings (SSSR count). The summed E-state index contributed by atoms with van der Waals surface area (Å²) in [6, 6.07) is 12.4. The highest BCUT2D eigenvalue weighted by Gasteiger charge is 2.31. The van der Waals surface area contributed by atoms with Crippen LogP contribution in [-0.2, 0) is 17.4 Å². The molecule has 0 atom stereocenters. The number of hydrogen-bond acceptors (Lipinski definition) is 3. The Labute approximate surface area is 168 Å².